The molecule has 0 bridgehead atoms. The van der Waals surface area contributed by atoms with E-state index in [9.17, 15) is 0 Å². The number of hydrogen-bond acceptors (Lipinski definition) is 4. The second-order valence-electron chi connectivity index (χ2n) is 5.13. The predicted octanol–water partition coefficient (Wildman–Crippen LogP) is 2.72. The molecule has 1 saturated heterocycles. The highest BCUT2D eigenvalue weighted by atomic mass is 28.4. The molecule has 0 saturated carbocycles. The van der Waals surface area contributed by atoms with E-state index in [1.807, 2.05) is 0 Å². The van der Waals surface area contributed by atoms with Gasteiger partial charge in [-0.05, 0) is 26.3 Å². The molecule has 0 aromatic carbocycles. The molecule has 2 atom stereocenters. The van der Waals surface area contributed by atoms with Crippen LogP contribution in [-0.2, 0) is 18.3 Å². The molecule has 108 valence electrons. The van der Waals surface area contributed by atoms with Crippen molar-refractivity contribution in [3.8, 4) is 0 Å². The Morgan fingerprint density at radius 1 is 1.22 bits per heavy atom. The first kappa shape index (κ1) is 16.1. The van der Waals surface area contributed by atoms with Gasteiger partial charge in [0.25, 0.3) is 0 Å². The first-order valence-corrected chi connectivity index (χ1v) is 9.63. The summed E-state index contributed by atoms with van der Waals surface area (Å²) in [6, 6.07) is 0.889. The SMILES string of the molecule is CCCO[Si](C)(CC(C)OCC1CO1)OCCC. The minimum atomic E-state index is -2.07. The number of epoxide rings is 1. The van der Waals surface area contributed by atoms with Crippen LogP contribution < -0.4 is 0 Å². The maximum absolute atomic E-state index is 5.98. The molecule has 0 N–H and O–H groups in total. The predicted molar refractivity (Wildman–Crippen MR) is 74.1 cm³/mol. The normalized spacial score (nSPS) is 21.0. The number of ether oxygens (including phenoxy) is 2. The van der Waals surface area contributed by atoms with E-state index in [1.165, 1.54) is 0 Å². The highest BCUT2D eigenvalue weighted by molar-refractivity contribution is 6.66. The lowest BCUT2D eigenvalue weighted by Gasteiger charge is -2.29. The van der Waals surface area contributed by atoms with Gasteiger partial charge in [-0.25, -0.2) is 0 Å². The standard InChI is InChI=1S/C13H28O4Si/c1-5-7-16-18(4,17-8-6-2)11-12(3)14-9-13-10-15-13/h12-13H,5-11H2,1-4H3. The lowest BCUT2D eigenvalue weighted by molar-refractivity contribution is 0.0550. The molecule has 0 aliphatic carbocycles. The van der Waals surface area contributed by atoms with Gasteiger partial charge in [-0.2, -0.15) is 0 Å². The monoisotopic (exact) mass is 276 g/mol. The summed E-state index contributed by atoms with van der Waals surface area (Å²) in [6.45, 7) is 11.6. The molecular weight excluding hydrogens is 248 g/mol. The topological polar surface area (TPSA) is 40.2 Å². The molecule has 18 heavy (non-hydrogen) atoms. The number of hydrogen-bond donors (Lipinski definition) is 0. The summed E-state index contributed by atoms with van der Waals surface area (Å²) in [4.78, 5) is 0. The van der Waals surface area contributed by atoms with Crippen LogP contribution in [-0.4, -0.2) is 47.2 Å². The van der Waals surface area contributed by atoms with Gasteiger partial charge in [-0.3, -0.25) is 0 Å². The Morgan fingerprint density at radius 2 is 1.78 bits per heavy atom. The van der Waals surface area contributed by atoms with E-state index in [0.717, 1.165) is 38.7 Å². The van der Waals surface area contributed by atoms with Gasteiger partial charge in [0.2, 0.25) is 0 Å². The Kier molecular flexibility index (Phi) is 7.40. The largest absolute Gasteiger partial charge is 0.394 e. The highest BCUT2D eigenvalue weighted by Crippen LogP contribution is 2.20. The van der Waals surface area contributed by atoms with E-state index in [4.69, 9.17) is 18.3 Å². The van der Waals surface area contributed by atoms with E-state index in [2.05, 4.69) is 27.3 Å². The van der Waals surface area contributed by atoms with Gasteiger partial charge >= 0.3 is 8.56 Å². The van der Waals surface area contributed by atoms with E-state index in [0.29, 0.717) is 12.7 Å². The van der Waals surface area contributed by atoms with Crippen molar-refractivity contribution in [1.82, 2.24) is 0 Å². The fourth-order valence-electron chi connectivity index (χ4n) is 1.81. The van der Waals surface area contributed by atoms with Crippen LogP contribution in [0.3, 0.4) is 0 Å². The lowest BCUT2D eigenvalue weighted by Crippen LogP contribution is -2.42. The maximum atomic E-state index is 5.98. The van der Waals surface area contributed by atoms with Crippen LogP contribution >= 0.6 is 0 Å². The molecule has 0 spiro atoms. The van der Waals surface area contributed by atoms with E-state index < -0.39 is 8.56 Å². The van der Waals surface area contributed by atoms with Crippen molar-refractivity contribution in [2.45, 2.75) is 58.4 Å². The van der Waals surface area contributed by atoms with Gasteiger partial charge in [0.1, 0.15) is 6.10 Å². The molecular formula is C13H28O4Si. The number of rotatable bonds is 11. The summed E-state index contributed by atoms with van der Waals surface area (Å²) in [5.41, 5.74) is 0. The Hall–Kier alpha value is 0.0569. The zero-order valence-electron chi connectivity index (χ0n) is 12.2. The first-order valence-electron chi connectivity index (χ1n) is 7.10. The van der Waals surface area contributed by atoms with Crippen LogP contribution in [0.1, 0.15) is 33.6 Å². The minimum Gasteiger partial charge on any atom is -0.394 e. The van der Waals surface area contributed by atoms with Gasteiger partial charge in [0.05, 0.1) is 19.3 Å². The zero-order valence-corrected chi connectivity index (χ0v) is 13.2. The zero-order chi connectivity index (χ0) is 13.4. The van der Waals surface area contributed by atoms with Crippen molar-refractivity contribution in [3.05, 3.63) is 0 Å². The summed E-state index contributed by atoms with van der Waals surface area (Å²) in [6.07, 6.45) is 2.57. The Balaban J connectivity index is 2.31. The Labute approximate surface area is 112 Å². The molecule has 1 aliphatic rings. The van der Waals surface area contributed by atoms with Crippen molar-refractivity contribution in [3.63, 3.8) is 0 Å². The Bertz CT molecular complexity index is 213. The van der Waals surface area contributed by atoms with Crippen molar-refractivity contribution in [1.29, 1.82) is 0 Å². The van der Waals surface area contributed by atoms with Crippen molar-refractivity contribution < 1.29 is 18.3 Å². The molecule has 5 heteroatoms. The molecule has 1 aliphatic heterocycles. The smallest absolute Gasteiger partial charge is 0.337 e. The van der Waals surface area contributed by atoms with Gasteiger partial charge in [-0.15, -0.1) is 0 Å². The first-order chi connectivity index (χ1) is 8.59. The fourth-order valence-corrected chi connectivity index (χ4v) is 4.57. The van der Waals surface area contributed by atoms with Crippen LogP contribution in [0.25, 0.3) is 0 Å². The maximum Gasteiger partial charge on any atom is 0.337 e. The van der Waals surface area contributed by atoms with Crippen molar-refractivity contribution >= 4 is 8.56 Å². The average molecular weight is 276 g/mol. The molecule has 0 amide bonds. The average Bonchev–Trinajstić information content (AvgIpc) is 3.16. The Morgan fingerprint density at radius 3 is 2.22 bits per heavy atom. The molecule has 0 aromatic heterocycles. The van der Waals surface area contributed by atoms with Crippen LogP contribution in [0.2, 0.25) is 12.6 Å². The summed E-state index contributed by atoms with van der Waals surface area (Å²) in [5, 5.41) is 0. The van der Waals surface area contributed by atoms with E-state index >= 15 is 0 Å². The lowest BCUT2D eigenvalue weighted by atomic mass is 10.4. The van der Waals surface area contributed by atoms with Gasteiger partial charge in [0.15, 0.2) is 0 Å². The third kappa shape index (κ3) is 6.85. The van der Waals surface area contributed by atoms with E-state index in [1.54, 1.807) is 0 Å². The molecule has 2 unspecified atom stereocenters. The summed E-state index contributed by atoms with van der Waals surface area (Å²) < 4.78 is 22.9. The quantitative estimate of drug-likeness (QED) is 0.430. The molecule has 0 aromatic rings. The summed E-state index contributed by atoms with van der Waals surface area (Å²) in [5.74, 6) is 0. The minimum absolute atomic E-state index is 0.180. The third-order valence-electron chi connectivity index (χ3n) is 2.85. The van der Waals surface area contributed by atoms with Crippen LogP contribution in [0, 0.1) is 0 Å². The second kappa shape index (κ2) is 8.27. The molecule has 0 radical (unpaired) electrons. The molecule has 1 fully saturated rings. The second-order valence-corrected chi connectivity index (χ2v) is 8.39. The fraction of sp³-hybridized carbons (Fsp3) is 1.00. The summed E-state index contributed by atoms with van der Waals surface area (Å²) >= 11 is 0. The molecule has 1 heterocycles. The highest BCUT2D eigenvalue weighted by Gasteiger charge is 2.34. The van der Waals surface area contributed by atoms with Crippen molar-refractivity contribution in [2.75, 3.05) is 26.4 Å². The molecule has 4 nitrogen and oxygen atoms in total. The van der Waals surface area contributed by atoms with Crippen molar-refractivity contribution in [2.24, 2.45) is 0 Å². The van der Waals surface area contributed by atoms with Gasteiger partial charge < -0.3 is 18.3 Å². The van der Waals surface area contributed by atoms with Gasteiger partial charge in [0, 0.05) is 19.3 Å². The van der Waals surface area contributed by atoms with Crippen LogP contribution in [0.4, 0.5) is 0 Å². The van der Waals surface area contributed by atoms with E-state index in [-0.39, 0.29) is 6.10 Å². The van der Waals surface area contributed by atoms with Crippen LogP contribution in [0.15, 0.2) is 0 Å². The third-order valence-corrected chi connectivity index (χ3v) is 5.80. The van der Waals surface area contributed by atoms with Crippen LogP contribution in [0.5, 0.6) is 0 Å². The molecule has 1 rings (SSSR count). The summed E-state index contributed by atoms with van der Waals surface area (Å²) in [7, 11) is -2.07. The van der Waals surface area contributed by atoms with Gasteiger partial charge in [-0.1, -0.05) is 13.8 Å².